The Hall–Kier alpha value is -2.11. The molecule has 6 heteroatoms. The quantitative estimate of drug-likeness (QED) is 0.646. The van der Waals surface area contributed by atoms with Gasteiger partial charge >= 0.3 is 5.69 Å². The molecule has 0 heterocycles. The lowest BCUT2D eigenvalue weighted by atomic mass is 9.95. The molecule has 1 aromatic carbocycles. The number of amides is 1. The normalized spacial score (nSPS) is 16.8. The number of hydrogen-bond acceptors (Lipinski definition) is 4. The summed E-state index contributed by atoms with van der Waals surface area (Å²) < 4.78 is 5.61. The lowest BCUT2D eigenvalue weighted by Gasteiger charge is -2.25. The van der Waals surface area contributed by atoms with Gasteiger partial charge in [-0.2, -0.15) is 0 Å². The highest BCUT2D eigenvalue weighted by molar-refractivity contribution is 5.81. The fourth-order valence-corrected chi connectivity index (χ4v) is 2.72. The van der Waals surface area contributed by atoms with Gasteiger partial charge < -0.3 is 10.1 Å². The monoisotopic (exact) mass is 306 g/mol. The molecule has 1 fully saturated rings. The van der Waals surface area contributed by atoms with Gasteiger partial charge in [-0.25, -0.2) is 0 Å². The number of rotatable bonds is 6. The van der Waals surface area contributed by atoms with Gasteiger partial charge in [-0.15, -0.1) is 0 Å². The summed E-state index contributed by atoms with van der Waals surface area (Å²) >= 11 is 0. The second kappa shape index (κ2) is 7.77. The first-order valence-electron chi connectivity index (χ1n) is 7.82. The van der Waals surface area contributed by atoms with E-state index >= 15 is 0 Å². The minimum absolute atomic E-state index is 0.119. The summed E-state index contributed by atoms with van der Waals surface area (Å²) in [5.41, 5.74) is -0.119. The van der Waals surface area contributed by atoms with E-state index in [1.54, 1.807) is 12.1 Å². The van der Waals surface area contributed by atoms with Gasteiger partial charge in [-0.3, -0.25) is 14.9 Å². The van der Waals surface area contributed by atoms with Crippen LogP contribution in [-0.4, -0.2) is 23.0 Å². The van der Waals surface area contributed by atoms with Gasteiger partial charge in [0.15, 0.2) is 11.9 Å². The van der Waals surface area contributed by atoms with Crippen molar-refractivity contribution in [2.75, 3.05) is 0 Å². The second-order valence-corrected chi connectivity index (χ2v) is 5.58. The minimum atomic E-state index is -0.706. The number of nitro groups is 1. The highest BCUT2D eigenvalue weighted by Crippen LogP contribution is 2.27. The average Bonchev–Trinajstić information content (AvgIpc) is 2.53. The van der Waals surface area contributed by atoms with Crippen LogP contribution in [0.3, 0.4) is 0 Å². The topological polar surface area (TPSA) is 81.5 Å². The molecule has 1 N–H and O–H groups in total. The molecule has 0 saturated heterocycles. The minimum Gasteiger partial charge on any atom is -0.473 e. The molecule has 22 heavy (non-hydrogen) atoms. The summed E-state index contributed by atoms with van der Waals surface area (Å²) in [6.45, 7) is 1.83. The van der Waals surface area contributed by atoms with Crippen molar-refractivity contribution in [3.8, 4) is 5.75 Å². The summed E-state index contributed by atoms with van der Waals surface area (Å²) in [7, 11) is 0. The fraction of sp³-hybridized carbons (Fsp3) is 0.562. The van der Waals surface area contributed by atoms with Crippen LogP contribution >= 0.6 is 0 Å². The van der Waals surface area contributed by atoms with E-state index < -0.39 is 11.0 Å². The summed E-state index contributed by atoms with van der Waals surface area (Å²) in [6.07, 6.45) is 5.23. The molecule has 120 valence electrons. The fourth-order valence-electron chi connectivity index (χ4n) is 2.72. The van der Waals surface area contributed by atoms with E-state index in [0.29, 0.717) is 6.42 Å². The third-order valence-electron chi connectivity index (χ3n) is 3.95. The molecule has 1 amide bonds. The van der Waals surface area contributed by atoms with Crippen molar-refractivity contribution in [1.82, 2.24) is 5.32 Å². The number of nitrogens with one attached hydrogen (secondary N) is 1. The van der Waals surface area contributed by atoms with Crippen LogP contribution in [0.15, 0.2) is 24.3 Å². The van der Waals surface area contributed by atoms with Crippen LogP contribution < -0.4 is 10.1 Å². The van der Waals surface area contributed by atoms with Crippen molar-refractivity contribution >= 4 is 11.6 Å². The summed E-state index contributed by atoms with van der Waals surface area (Å²) in [5, 5.41) is 14.0. The molecular weight excluding hydrogens is 284 g/mol. The molecular formula is C16H22N2O4. The molecule has 1 aliphatic carbocycles. The van der Waals surface area contributed by atoms with E-state index in [4.69, 9.17) is 4.74 Å². The van der Waals surface area contributed by atoms with Crippen LogP contribution in [0.1, 0.15) is 45.4 Å². The lowest BCUT2D eigenvalue weighted by Crippen LogP contribution is -2.44. The molecule has 0 spiro atoms. The molecule has 1 unspecified atom stereocenters. The summed E-state index contributed by atoms with van der Waals surface area (Å²) in [4.78, 5) is 22.8. The van der Waals surface area contributed by atoms with Crippen LogP contribution in [0.4, 0.5) is 5.69 Å². The standard InChI is InChI=1S/C16H22N2O4/c1-2-14(16(19)17-12-8-4-3-5-9-12)22-15-11-7-6-10-13(15)18(20)21/h6-7,10-12,14H,2-5,8-9H2,1H3,(H,17,19). The Morgan fingerprint density at radius 2 is 2.05 bits per heavy atom. The highest BCUT2D eigenvalue weighted by Gasteiger charge is 2.25. The molecule has 1 aliphatic rings. The number of nitrogens with zero attached hydrogens (tertiary/aromatic N) is 1. The number of carbonyl (C=O) groups excluding carboxylic acids is 1. The van der Waals surface area contributed by atoms with Crippen LogP contribution in [-0.2, 0) is 4.79 Å². The average molecular weight is 306 g/mol. The van der Waals surface area contributed by atoms with Crippen LogP contribution in [0.2, 0.25) is 0 Å². The van der Waals surface area contributed by atoms with Crippen molar-refractivity contribution in [1.29, 1.82) is 0 Å². The van der Waals surface area contributed by atoms with Gasteiger partial charge in [0.1, 0.15) is 0 Å². The van der Waals surface area contributed by atoms with E-state index in [0.717, 1.165) is 25.7 Å². The van der Waals surface area contributed by atoms with Crippen LogP contribution in [0, 0.1) is 10.1 Å². The Bertz CT molecular complexity index is 527. The number of para-hydroxylation sites is 2. The van der Waals surface area contributed by atoms with Crippen molar-refractivity contribution in [2.45, 2.75) is 57.6 Å². The first-order chi connectivity index (χ1) is 10.6. The van der Waals surface area contributed by atoms with Gasteiger partial charge in [0.2, 0.25) is 0 Å². The Kier molecular flexibility index (Phi) is 5.75. The SMILES string of the molecule is CCC(Oc1ccccc1[N+](=O)[O-])C(=O)NC1CCCCC1. The van der Waals surface area contributed by atoms with E-state index in [1.165, 1.54) is 18.6 Å². The zero-order chi connectivity index (χ0) is 15.9. The number of hydrogen-bond donors (Lipinski definition) is 1. The third kappa shape index (κ3) is 4.19. The van der Waals surface area contributed by atoms with Gasteiger partial charge in [-0.05, 0) is 25.3 Å². The van der Waals surface area contributed by atoms with E-state index in [1.807, 2.05) is 6.92 Å². The smallest absolute Gasteiger partial charge is 0.310 e. The van der Waals surface area contributed by atoms with Gasteiger partial charge in [-0.1, -0.05) is 38.3 Å². The van der Waals surface area contributed by atoms with Gasteiger partial charge in [0, 0.05) is 12.1 Å². The van der Waals surface area contributed by atoms with Crippen molar-refractivity contribution in [3.05, 3.63) is 34.4 Å². The Morgan fingerprint density at radius 3 is 2.68 bits per heavy atom. The van der Waals surface area contributed by atoms with Crippen LogP contribution in [0.25, 0.3) is 0 Å². The number of carbonyl (C=O) groups is 1. The second-order valence-electron chi connectivity index (χ2n) is 5.58. The molecule has 0 bridgehead atoms. The highest BCUT2D eigenvalue weighted by atomic mass is 16.6. The first-order valence-corrected chi connectivity index (χ1v) is 7.82. The summed E-state index contributed by atoms with van der Waals surface area (Å²) in [5.74, 6) is -0.0503. The van der Waals surface area contributed by atoms with Crippen LogP contribution in [0.5, 0.6) is 5.75 Å². The Balaban J connectivity index is 2.02. The summed E-state index contributed by atoms with van der Waals surface area (Å²) in [6, 6.07) is 6.34. The first kappa shape index (κ1) is 16.3. The predicted molar refractivity (Wildman–Crippen MR) is 82.8 cm³/mol. The molecule has 0 aromatic heterocycles. The largest absolute Gasteiger partial charge is 0.473 e. The Labute approximate surface area is 130 Å². The number of nitro benzene ring substituents is 1. The predicted octanol–water partition coefficient (Wildman–Crippen LogP) is 3.20. The van der Waals surface area contributed by atoms with Gasteiger partial charge in [0.25, 0.3) is 5.91 Å². The Morgan fingerprint density at radius 1 is 1.36 bits per heavy atom. The third-order valence-corrected chi connectivity index (χ3v) is 3.95. The molecule has 1 saturated carbocycles. The van der Waals surface area contributed by atoms with E-state index in [9.17, 15) is 14.9 Å². The zero-order valence-corrected chi connectivity index (χ0v) is 12.8. The molecule has 0 aliphatic heterocycles. The number of ether oxygens (including phenoxy) is 1. The molecule has 1 aromatic rings. The maximum Gasteiger partial charge on any atom is 0.310 e. The molecule has 6 nitrogen and oxygen atoms in total. The maximum absolute atomic E-state index is 12.3. The maximum atomic E-state index is 12.3. The van der Waals surface area contributed by atoms with Crippen molar-refractivity contribution < 1.29 is 14.5 Å². The lowest BCUT2D eigenvalue weighted by molar-refractivity contribution is -0.386. The van der Waals surface area contributed by atoms with E-state index in [-0.39, 0.29) is 23.4 Å². The van der Waals surface area contributed by atoms with Crippen molar-refractivity contribution in [3.63, 3.8) is 0 Å². The van der Waals surface area contributed by atoms with E-state index in [2.05, 4.69) is 5.32 Å². The van der Waals surface area contributed by atoms with Gasteiger partial charge in [0.05, 0.1) is 4.92 Å². The van der Waals surface area contributed by atoms with Crippen molar-refractivity contribution in [2.24, 2.45) is 0 Å². The molecule has 0 radical (unpaired) electrons. The molecule has 2 rings (SSSR count). The molecule has 1 atom stereocenters. The number of benzene rings is 1. The zero-order valence-electron chi connectivity index (χ0n) is 12.8.